The van der Waals surface area contributed by atoms with Crippen LogP contribution in [0.3, 0.4) is 0 Å². The third kappa shape index (κ3) is 2.62. The minimum absolute atomic E-state index is 0.0970. The quantitative estimate of drug-likeness (QED) is 0.942. The van der Waals surface area contributed by atoms with Crippen LogP contribution in [-0.4, -0.2) is 27.9 Å². The molecule has 2 aromatic carbocycles. The highest BCUT2D eigenvalue weighted by Gasteiger charge is 2.24. The van der Waals surface area contributed by atoms with E-state index in [4.69, 9.17) is 14.2 Å². The van der Waals surface area contributed by atoms with Crippen molar-refractivity contribution in [1.29, 1.82) is 0 Å². The highest BCUT2D eigenvalue weighted by molar-refractivity contribution is 5.50. The van der Waals surface area contributed by atoms with Gasteiger partial charge in [0.1, 0.15) is 17.2 Å². The van der Waals surface area contributed by atoms with Gasteiger partial charge in [-0.2, -0.15) is 0 Å². The third-order valence-corrected chi connectivity index (χ3v) is 4.15. The molecule has 1 N–H and O–H groups in total. The lowest BCUT2D eigenvalue weighted by Crippen LogP contribution is -2.30. The summed E-state index contributed by atoms with van der Waals surface area (Å²) in [4.78, 5) is 0. The lowest BCUT2D eigenvalue weighted by atomic mass is 9.89. The molecular formula is C18H21NO3. The monoisotopic (exact) mass is 299 g/mol. The van der Waals surface area contributed by atoms with Gasteiger partial charge in [-0.05, 0) is 47.9 Å². The molecule has 4 nitrogen and oxygen atoms in total. The molecule has 1 atom stereocenters. The summed E-state index contributed by atoms with van der Waals surface area (Å²) in [5, 5.41) is 3.58. The van der Waals surface area contributed by atoms with Gasteiger partial charge in [0.05, 0.1) is 27.4 Å². The van der Waals surface area contributed by atoms with Gasteiger partial charge in [0.2, 0.25) is 0 Å². The Balaban J connectivity index is 2.07. The molecule has 0 radical (unpaired) electrons. The van der Waals surface area contributed by atoms with Gasteiger partial charge in [-0.25, -0.2) is 0 Å². The molecule has 3 rings (SSSR count). The highest BCUT2D eigenvalue weighted by atomic mass is 16.5. The average Bonchev–Trinajstić information content (AvgIpc) is 2.60. The molecule has 116 valence electrons. The number of hydrogen-bond donors (Lipinski definition) is 1. The second kappa shape index (κ2) is 6.28. The van der Waals surface area contributed by atoms with Crippen molar-refractivity contribution in [3.63, 3.8) is 0 Å². The van der Waals surface area contributed by atoms with E-state index in [-0.39, 0.29) is 6.04 Å². The summed E-state index contributed by atoms with van der Waals surface area (Å²) in [6, 6.07) is 12.3. The summed E-state index contributed by atoms with van der Waals surface area (Å²) in [6.07, 6.45) is 0.995. The van der Waals surface area contributed by atoms with Crippen molar-refractivity contribution in [3.8, 4) is 17.2 Å². The van der Waals surface area contributed by atoms with Gasteiger partial charge in [0, 0.05) is 12.1 Å². The largest absolute Gasteiger partial charge is 0.497 e. The molecule has 22 heavy (non-hydrogen) atoms. The molecule has 0 fully saturated rings. The molecule has 1 unspecified atom stereocenters. The first-order valence-corrected chi connectivity index (χ1v) is 7.39. The van der Waals surface area contributed by atoms with Crippen molar-refractivity contribution in [3.05, 3.63) is 53.1 Å². The van der Waals surface area contributed by atoms with Crippen molar-refractivity contribution >= 4 is 0 Å². The Morgan fingerprint density at radius 3 is 2.32 bits per heavy atom. The summed E-state index contributed by atoms with van der Waals surface area (Å²) in [5.41, 5.74) is 3.67. The molecule has 1 aliphatic heterocycles. The van der Waals surface area contributed by atoms with Gasteiger partial charge in [-0.1, -0.05) is 6.07 Å². The minimum Gasteiger partial charge on any atom is -0.497 e. The maximum Gasteiger partial charge on any atom is 0.124 e. The summed E-state index contributed by atoms with van der Waals surface area (Å²) in [6.45, 7) is 0.922. The predicted octanol–water partition coefficient (Wildman–Crippen LogP) is 2.95. The van der Waals surface area contributed by atoms with E-state index in [1.165, 1.54) is 11.1 Å². The van der Waals surface area contributed by atoms with E-state index in [0.717, 1.165) is 35.8 Å². The summed E-state index contributed by atoms with van der Waals surface area (Å²) in [5.74, 6) is 2.59. The van der Waals surface area contributed by atoms with Gasteiger partial charge in [0.15, 0.2) is 0 Å². The molecule has 0 aromatic heterocycles. The van der Waals surface area contributed by atoms with E-state index < -0.39 is 0 Å². The maximum absolute atomic E-state index is 5.54. The molecule has 0 saturated carbocycles. The van der Waals surface area contributed by atoms with E-state index in [2.05, 4.69) is 17.4 Å². The lowest BCUT2D eigenvalue weighted by molar-refractivity contribution is 0.392. The zero-order valence-corrected chi connectivity index (χ0v) is 13.2. The van der Waals surface area contributed by atoms with E-state index >= 15 is 0 Å². The van der Waals surface area contributed by atoms with Gasteiger partial charge >= 0.3 is 0 Å². The van der Waals surface area contributed by atoms with Crippen molar-refractivity contribution in [2.75, 3.05) is 27.9 Å². The second-order valence-electron chi connectivity index (χ2n) is 5.31. The standard InChI is InChI=1S/C18H21NO3/c1-20-13-4-6-15-12(10-13)8-9-19-18(15)16-11-14(21-2)5-7-17(16)22-3/h4-7,10-11,18-19H,8-9H2,1-3H3. The summed E-state index contributed by atoms with van der Waals surface area (Å²) < 4.78 is 16.2. The number of nitrogens with one attached hydrogen (secondary N) is 1. The van der Waals surface area contributed by atoms with Crippen LogP contribution < -0.4 is 19.5 Å². The van der Waals surface area contributed by atoms with Gasteiger partial charge in [-0.15, -0.1) is 0 Å². The average molecular weight is 299 g/mol. The van der Waals surface area contributed by atoms with E-state index in [1.54, 1.807) is 21.3 Å². The van der Waals surface area contributed by atoms with Crippen LogP contribution in [0.4, 0.5) is 0 Å². The van der Waals surface area contributed by atoms with Crippen LogP contribution in [0, 0.1) is 0 Å². The van der Waals surface area contributed by atoms with E-state index in [1.807, 2.05) is 24.3 Å². The molecule has 0 spiro atoms. The first kappa shape index (κ1) is 14.7. The SMILES string of the molecule is COc1ccc2c(c1)CCNC2c1cc(OC)ccc1OC. The number of benzene rings is 2. The van der Waals surface area contributed by atoms with Crippen LogP contribution in [0.2, 0.25) is 0 Å². The summed E-state index contributed by atoms with van der Waals surface area (Å²) >= 11 is 0. The van der Waals surface area contributed by atoms with E-state index in [0.29, 0.717) is 0 Å². The topological polar surface area (TPSA) is 39.7 Å². The van der Waals surface area contributed by atoms with Gasteiger partial charge in [0.25, 0.3) is 0 Å². The first-order valence-electron chi connectivity index (χ1n) is 7.39. The third-order valence-electron chi connectivity index (χ3n) is 4.15. The van der Waals surface area contributed by atoms with Crippen LogP contribution >= 0.6 is 0 Å². The van der Waals surface area contributed by atoms with Crippen molar-refractivity contribution < 1.29 is 14.2 Å². The molecule has 1 aliphatic rings. The van der Waals surface area contributed by atoms with Crippen LogP contribution in [0.15, 0.2) is 36.4 Å². The molecule has 0 bridgehead atoms. The number of fused-ring (bicyclic) bond motifs is 1. The van der Waals surface area contributed by atoms with Crippen molar-refractivity contribution in [2.24, 2.45) is 0 Å². The number of methoxy groups -OCH3 is 3. The molecule has 0 aliphatic carbocycles. The van der Waals surface area contributed by atoms with Crippen molar-refractivity contribution in [2.45, 2.75) is 12.5 Å². The summed E-state index contributed by atoms with van der Waals surface area (Å²) in [7, 11) is 5.08. The van der Waals surface area contributed by atoms with Crippen molar-refractivity contribution in [1.82, 2.24) is 5.32 Å². The smallest absolute Gasteiger partial charge is 0.124 e. The Labute approximate surface area is 131 Å². The van der Waals surface area contributed by atoms with Gasteiger partial charge < -0.3 is 19.5 Å². The lowest BCUT2D eigenvalue weighted by Gasteiger charge is -2.29. The van der Waals surface area contributed by atoms with Crippen LogP contribution in [0.25, 0.3) is 0 Å². The molecule has 4 heteroatoms. The Morgan fingerprint density at radius 2 is 1.59 bits per heavy atom. The number of ether oxygens (including phenoxy) is 3. The molecule has 2 aromatic rings. The maximum atomic E-state index is 5.54. The fourth-order valence-electron chi connectivity index (χ4n) is 3.01. The fourth-order valence-corrected chi connectivity index (χ4v) is 3.01. The fraction of sp³-hybridized carbons (Fsp3) is 0.333. The Bertz CT molecular complexity index is 669. The minimum atomic E-state index is 0.0970. The Hall–Kier alpha value is -2.20. The Kier molecular flexibility index (Phi) is 4.20. The normalized spacial score (nSPS) is 16.8. The van der Waals surface area contributed by atoms with Gasteiger partial charge in [-0.3, -0.25) is 0 Å². The van der Waals surface area contributed by atoms with Crippen LogP contribution in [0.5, 0.6) is 17.2 Å². The Morgan fingerprint density at radius 1 is 0.864 bits per heavy atom. The first-order chi connectivity index (χ1) is 10.8. The highest BCUT2D eigenvalue weighted by Crippen LogP contribution is 2.37. The zero-order valence-electron chi connectivity index (χ0n) is 13.2. The molecule has 1 heterocycles. The van der Waals surface area contributed by atoms with E-state index in [9.17, 15) is 0 Å². The number of rotatable bonds is 4. The van der Waals surface area contributed by atoms with Crippen LogP contribution in [0.1, 0.15) is 22.7 Å². The zero-order chi connectivity index (χ0) is 15.5. The molecule has 0 amide bonds. The number of hydrogen-bond acceptors (Lipinski definition) is 4. The molecular weight excluding hydrogens is 278 g/mol. The molecule has 0 saturated heterocycles. The second-order valence-corrected chi connectivity index (χ2v) is 5.31. The van der Waals surface area contributed by atoms with Crippen LogP contribution in [-0.2, 0) is 6.42 Å². The predicted molar refractivity (Wildman–Crippen MR) is 86.1 cm³/mol.